The second-order valence-electron chi connectivity index (χ2n) is 6.53. The van der Waals surface area contributed by atoms with E-state index in [2.05, 4.69) is 9.46 Å². The van der Waals surface area contributed by atoms with Gasteiger partial charge in [-0.2, -0.15) is 13.5 Å². The summed E-state index contributed by atoms with van der Waals surface area (Å²) in [6.45, 7) is -0.862. The summed E-state index contributed by atoms with van der Waals surface area (Å²) < 4.78 is 66.0. The average Bonchev–Trinajstić information content (AvgIpc) is 2.71. The number of ether oxygens (including phenoxy) is 3. The fourth-order valence-electron chi connectivity index (χ4n) is 2.56. The number of aryl methyl sites for hydroxylation is 1. The van der Waals surface area contributed by atoms with Gasteiger partial charge in [0.1, 0.15) is 12.6 Å². The number of halogens is 2. The topological polar surface area (TPSA) is 134 Å². The minimum absolute atomic E-state index is 0.0576. The summed E-state index contributed by atoms with van der Waals surface area (Å²) in [5.41, 5.74) is 0.0240. The molecule has 0 aromatic heterocycles. The van der Waals surface area contributed by atoms with Crippen LogP contribution in [0.5, 0.6) is 11.5 Å². The molecule has 0 saturated heterocycles. The van der Waals surface area contributed by atoms with Gasteiger partial charge in [-0.1, -0.05) is 17.7 Å². The van der Waals surface area contributed by atoms with Crippen molar-refractivity contribution in [3.05, 3.63) is 57.6 Å². The normalized spacial score (nSPS) is 12.3. The molecule has 0 aliphatic rings. The smallest absolute Gasteiger partial charge is 0.387 e. The van der Waals surface area contributed by atoms with Gasteiger partial charge in [0, 0.05) is 0 Å². The number of nitrogens with one attached hydrogen (secondary N) is 1. The van der Waals surface area contributed by atoms with Crippen LogP contribution in [0.4, 0.5) is 14.5 Å². The number of hydrogen-bond acceptors (Lipinski definition) is 8. The summed E-state index contributed by atoms with van der Waals surface area (Å²) >= 11 is 0. The summed E-state index contributed by atoms with van der Waals surface area (Å²) in [7, 11) is -2.88. The van der Waals surface area contributed by atoms with Crippen LogP contribution in [0.3, 0.4) is 0 Å². The van der Waals surface area contributed by atoms with Gasteiger partial charge in [-0.15, -0.1) is 0 Å². The first-order valence-corrected chi connectivity index (χ1v) is 10.5. The summed E-state index contributed by atoms with van der Waals surface area (Å²) in [6, 6.07) is 6.34. The molecule has 2 rings (SSSR count). The largest absolute Gasteiger partial charge is 0.493 e. The molecule has 0 saturated carbocycles. The van der Waals surface area contributed by atoms with Gasteiger partial charge in [-0.05, 0) is 32.0 Å². The molecule has 13 heteroatoms. The first-order valence-electron chi connectivity index (χ1n) is 9.00. The maximum atomic E-state index is 12.5. The van der Waals surface area contributed by atoms with Crippen LogP contribution in [0.15, 0.2) is 41.3 Å². The van der Waals surface area contributed by atoms with E-state index in [-0.39, 0.29) is 16.2 Å². The second-order valence-corrected chi connectivity index (χ2v) is 8.25. The Morgan fingerprint density at radius 2 is 1.81 bits per heavy atom. The zero-order chi connectivity index (χ0) is 24.1. The third kappa shape index (κ3) is 6.34. The van der Waals surface area contributed by atoms with E-state index < -0.39 is 51.6 Å². The van der Waals surface area contributed by atoms with Crippen LogP contribution in [-0.2, 0) is 26.2 Å². The van der Waals surface area contributed by atoms with Crippen LogP contribution in [0.25, 0.3) is 0 Å². The lowest BCUT2D eigenvalue weighted by Gasteiger charge is -2.15. The van der Waals surface area contributed by atoms with Crippen molar-refractivity contribution in [1.82, 2.24) is 4.72 Å². The minimum Gasteiger partial charge on any atom is -0.493 e. The number of benzene rings is 2. The van der Waals surface area contributed by atoms with E-state index in [1.54, 1.807) is 19.1 Å². The number of hydrogen-bond donors (Lipinski definition) is 1. The molecular weight excluding hydrogens is 454 g/mol. The first kappa shape index (κ1) is 24.9. The van der Waals surface area contributed by atoms with E-state index in [1.165, 1.54) is 19.1 Å². The molecule has 32 heavy (non-hydrogen) atoms. The summed E-state index contributed by atoms with van der Waals surface area (Å²) in [5.74, 6) is -1.82. The maximum Gasteiger partial charge on any atom is 0.387 e. The zero-order valence-corrected chi connectivity index (χ0v) is 18.0. The highest BCUT2D eigenvalue weighted by atomic mass is 32.2. The monoisotopic (exact) mass is 474 g/mol. The maximum absolute atomic E-state index is 12.5. The van der Waals surface area contributed by atoms with Crippen molar-refractivity contribution in [2.75, 3.05) is 7.11 Å². The highest BCUT2D eigenvalue weighted by Crippen LogP contribution is 2.36. The van der Waals surface area contributed by atoms with Gasteiger partial charge in [0.05, 0.1) is 28.6 Å². The van der Waals surface area contributed by atoms with Crippen LogP contribution in [-0.4, -0.2) is 39.1 Å². The molecule has 1 N–H and O–H groups in total. The predicted octanol–water partition coefficient (Wildman–Crippen LogP) is 2.92. The van der Waals surface area contributed by atoms with Gasteiger partial charge < -0.3 is 14.2 Å². The molecule has 0 unspecified atom stereocenters. The van der Waals surface area contributed by atoms with Crippen molar-refractivity contribution < 1.29 is 41.1 Å². The van der Waals surface area contributed by atoms with Crippen molar-refractivity contribution >= 4 is 21.7 Å². The van der Waals surface area contributed by atoms with E-state index >= 15 is 0 Å². The quantitative estimate of drug-likeness (QED) is 0.316. The van der Waals surface area contributed by atoms with Gasteiger partial charge in [0.2, 0.25) is 10.0 Å². The molecule has 10 nitrogen and oxygen atoms in total. The summed E-state index contributed by atoms with van der Waals surface area (Å²) in [5, 5.41) is 11.3. The lowest BCUT2D eigenvalue weighted by atomic mass is 10.1. The number of nitrogens with zero attached hydrogens (tertiary/aromatic N) is 1. The Bertz CT molecular complexity index is 1090. The van der Waals surface area contributed by atoms with Gasteiger partial charge in [-0.3, -0.25) is 14.9 Å². The standard InChI is InChI=1S/C19H20F2N2O8S/c1-11-4-6-14(7-5-11)32(27,28)22-12(2)18(24)30-10-13-8-16(29-3)17(31-19(20)21)9-15(13)23(25)26/h4-9,12,19,22H,10H2,1-3H3/t12-/m0/s1. The Labute approximate surface area is 182 Å². The number of nitro groups is 1. The number of methoxy groups -OCH3 is 1. The molecule has 1 atom stereocenters. The fraction of sp³-hybridized carbons (Fsp3) is 0.316. The fourth-order valence-corrected chi connectivity index (χ4v) is 3.76. The van der Waals surface area contributed by atoms with Crippen molar-refractivity contribution in [1.29, 1.82) is 0 Å². The summed E-state index contributed by atoms with van der Waals surface area (Å²) in [4.78, 5) is 22.6. The zero-order valence-electron chi connectivity index (χ0n) is 17.2. The number of sulfonamides is 1. The van der Waals surface area contributed by atoms with Crippen LogP contribution in [0.2, 0.25) is 0 Å². The average molecular weight is 474 g/mol. The number of rotatable bonds is 10. The number of nitro benzene ring substituents is 1. The lowest BCUT2D eigenvalue weighted by molar-refractivity contribution is -0.386. The van der Waals surface area contributed by atoms with Crippen molar-refractivity contribution in [2.45, 2.75) is 38.0 Å². The molecule has 0 fully saturated rings. The van der Waals surface area contributed by atoms with E-state index in [4.69, 9.17) is 9.47 Å². The van der Waals surface area contributed by atoms with E-state index in [0.717, 1.165) is 24.8 Å². The van der Waals surface area contributed by atoms with E-state index in [1.807, 2.05) is 0 Å². The van der Waals surface area contributed by atoms with Crippen LogP contribution >= 0.6 is 0 Å². The third-order valence-corrected chi connectivity index (χ3v) is 5.72. The molecule has 0 aliphatic heterocycles. The molecule has 0 spiro atoms. The van der Waals surface area contributed by atoms with Crippen LogP contribution in [0.1, 0.15) is 18.1 Å². The molecule has 2 aromatic carbocycles. The van der Waals surface area contributed by atoms with Crippen molar-refractivity contribution in [3.63, 3.8) is 0 Å². The van der Waals surface area contributed by atoms with Crippen LogP contribution in [0, 0.1) is 17.0 Å². The summed E-state index contributed by atoms with van der Waals surface area (Å²) in [6.07, 6.45) is 0. The molecule has 2 aromatic rings. The van der Waals surface area contributed by atoms with Gasteiger partial charge in [-0.25, -0.2) is 8.42 Å². The van der Waals surface area contributed by atoms with Gasteiger partial charge in [0.25, 0.3) is 5.69 Å². The number of alkyl halides is 2. The molecular formula is C19H20F2N2O8S. The Morgan fingerprint density at radius 3 is 2.34 bits per heavy atom. The Kier molecular flexibility index (Phi) is 8.05. The Balaban J connectivity index is 2.15. The van der Waals surface area contributed by atoms with Gasteiger partial charge in [0.15, 0.2) is 11.5 Å². The van der Waals surface area contributed by atoms with Crippen molar-refractivity contribution in [3.8, 4) is 11.5 Å². The number of carbonyl (C=O) groups excluding carboxylic acids is 1. The number of carbonyl (C=O) groups is 1. The highest BCUT2D eigenvalue weighted by Gasteiger charge is 2.26. The number of esters is 1. The van der Waals surface area contributed by atoms with Crippen molar-refractivity contribution in [2.24, 2.45) is 0 Å². The van der Waals surface area contributed by atoms with Crippen LogP contribution < -0.4 is 14.2 Å². The highest BCUT2D eigenvalue weighted by molar-refractivity contribution is 7.89. The van der Waals surface area contributed by atoms with E-state index in [0.29, 0.717) is 0 Å². The minimum atomic E-state index is -4.02. The van der Waals surface area contributed by atoms with E-state index in [9.17, 15) is 32.1 Å². The SMILES string of the molecule is COc1cc(COC(=O)[C@H](C)NS(=O)(=O)c2ccc(C)cc2)c([N+](=O)[O-])cc1OC(F)F. The predicted molar refractivity (Wildman–Crippen MR) is 107 cm³/mol. The van der Waals surface area contributed by atoms with Gasteiger partial charge >= 0.3 is 12.6 Å². The second kappa shape index (κ2) is 10.3. The third-order valence-electron chi connectivity index (χ3n) is 4.16. The first-order chi connectivity index (χ1) is 14.9. The Hall–Kier alpha value is -3.32. The lowest BCUT2D eigenvalue weighted by Crippen LogP contribution is -2.39. The Morgan fingerprint density at radius 1 is 1.19 bits per heavy atom. The molecule has 0 radical (unpaired) electrons. The molecule has 0 heterocycles. The molecule has 0 amide bonds. The molecule has 0 bridgehead atoms. The molecule has 174 valence electrons. The molecule has 0 aliphatic carbocycles.